The van der Waals surface area contributed by atoms with Crippen LogP contribution < -0.4 is 11.1 Å². The quantitative estimate of drug-likeness (QED) is 0.604. The molecule has 2 aliphatic carbocycles. The number of hydrogen-bond acceptors (Lipinski definition) is 1. The molecule has 3 heteroatoms. The molecule has 0 aliphatic heterocycles. The standard InChI is InChI=1S/C16H31N3/c1-13-7-9-14(10-8-13)11-12-18-16(17)19-15-5-3-2-4-6-15/h13-15H,2-12H2,1H3,(H3,17,18,19). The van der Waals surface area contributed by atoms with Crippen LogP contribution >= 0.6 is 0 Å². The van der Waals surface area contributed by atoms with E-state index in [4.69, 9.17) is 5.73 Å². The molecule has 0 aromatic heterocycles. The van der Waals surface area contributed by atoms with Crippen molar-refractivity contribution in [2.75, 3.05) is 6.54 Å². The predicted molar refractivity (Wildman–Crippen MR) is 82.2 cm³/mol. The molecule has 2 saturated carbocycles. The van der Waals surface area contributed by atoms with Gasteiger partial charge < -0.3 is 11.1 Å². The van der Waals surface area contributed by atoms with E-state index in [1.165, 1.54) is 64.2 Å². The highest BCUT2D eigenvalue weighted by Gasteiger charge is 2.17. The molecule has 0 bridgehead atoms. The normalized spacial score (nSPS) is 30.3. The third-order valence-corrected chi connectivity index (χ3v) is 4.91. The molecule has 0 aromatic rings. The van der Waals surface area contributed by atoms with Gasteiger partial charge in [-0.2, -0.15) is 0 Å². The summed E-state index contributed by atoms with van der Waals surface area (Å²) in [5.41, 5.74) is 5.98. The number of nitrogens with zero attached hydrogens (tertiary/aromatic N) is 1. The second-order valence-corrected chi connectivity index (χ2v) is 6.66. The van der Waals surface area contributed by atoms with E-state index in [-0.39, 0.29) is 0 Å². The lowest BCUT2D eigenvalue weighted by atomic mass is 9.81. The average Bonchev–Trinajstić information content (AvgIpc) is 2.42. The molecule has 0 saturated heterocycles. The fraction of sp³-hybridized carbons (Fsp3) is 0.938. The monoisotopic (exact) mass is 265 g/mol. The van der Waals surface area contributed by atoms with Crippen molar-refractivity contribution in [3.63, 3.8) is 0 Å². The highest BCUT2D eigenvalue weighted by atomic mass is 15.1. The van der Waals surface area contributed by atoms with E-state index in [1.54, 1.807) is 0 Å². The van der Waals surface area contributed by atoms with Crippen LogP contribution in [0.1, 0.15) is 71.1 Å². The summed E-state index contributed by atoms with van der Waals surface area (Å²) in [6, 6.07) is 0.577. The molecule has 0 spiro atoms. The minimum Gasteiger partial charge on any atom is -0.370 e. The number of nitrogens with one attached hydrogen (secondary N) is 1. The Labute approximate surface area is 118 Å². The minimum atomic E-state index is 0.577. The lowest BCUT2D eigenvalue weighted by Crippen LogP contribution is -2.41. The molecule has 0 heterocycles. The Morgan fingerprint density at radius 1 is 1.05 bits per heavy atom. The molecule has 0 radical (unpaired) electrons. The van der Waals surface area contributed by atoms with Crippen LogP contribution in [0.15, 0.2) is 4.99 Å². The third kappa shape index (κ3) is 5.42. The lowest BCUT2D eigenvalue weighted by Gasteiger charge is -2.26. The molecule has 3 N–H and O–H groups in total. The summed E-state index contributed by atoms with van der Waals surface area (Å²) in [6.45, 7) is 3.28. The molecule has 0 atom stereocenters. The Morgan fingerprint density at radius 2 is 1.74 bits per heavy atom. The molecule has 0 unspecified atom stereocenters. The first-order valence-corrected chi connectivity index (χ1v) is 8.30. The van der Waals surface area contributed by atoms with E-state index in [0.717, 1.165) is 18.4 Å². The molecule has 0 amide bonds. The van der Waals surface area contributed by atoms with Gasteiger partial charge in [0.05, 0.1) is 0 Å². The van der Waals surface area contributed by atoms with Gasteiger partial charge >= 0.3 is 0 Å². The summed E-state index contributed by atoms with van der Waals surface area (Å²) < 4.78 is 0. The number of rotatable bonds is 4. The van der Waals surface area contributed by atoms with Crippen LogP contribution in [0.2, 0.25) is 0 Å². The van der Waals surface area contributed by atoms with E-state index in [1.807, 2.05) is 0 Å². The summed E-state index contributed by atoms with van der Waals surface area (Å²) in [6.07, 6.45) is 13.4. The van der Waals surface area contributed by atoms with Crippen LogP contribution in [0.3, 0.4) is 0 Å². The molecule has 3 nitrogen and oxygen atoms in total. The largest absolute Gasteiger partial charge is 0.370 e. The number of aliphatic imine (C=N–C) groups is 1. The van der Waals surface area contributed by atoms with E-state index < -0.39 is 0 Å². The van der Waals surface area contributed by atoms with Crippen LogP contribution in [-0.4, -0.2) is 18.5 Å². The van der Waals surface area contributed by atoms with Gasteiger partial charge in [-0.3, -0.25) is 4.99 Å². The SMILES string of the molecule is CC1CCC(CCN=C(N)NC2CCCCC2)CC1. The van der Waals surface area contributed by atoms with Crippen molar-refractivity contribution in [3.05, 3.63) is 0 Å². The van der Waals surface area contributed by atoms with Gasteiger partial charge in [0.2, 0.25) is 0 Å². The topological polar surface area (TPSA) is 50.4 Å². The van der Waals surface area contributed by atoms with E-state index >= 15 is 0 Å². The van der Waals surface area contributed by atoms with Crippen molar-refractivity contribution in [1.82, 2.24) is 5.32 Å². The molecule has 19 heavy (non-hydrogen) atoms. The minimum absolute atomic E-state index is 0.577. The Balaban J connectivity index is 1.61. The summed E-state index contributed by atoms with van der Waals surface area (Å²) in [5, 5.41) is 3.39. The molecular weight excluding hydrogens is 234 g/mol. The Hall–Kier alpha value is -0.730. The maximum Gasteiger partial charge on any atom is 0.188 e. The van der Waals surface area contributed by atoms with E-state index in [9.17, 15) is 0 Å². The molecule has 2 rings (SSSR count). The van der Waals surface area contributed by atoms with Gasteiger partial charge in [0.25, 0.3) is 0 Å². The first-order chi connectivity index (χ1) is 9.24. The van der Waals surface area contributed by atoms with Gasteiger partial charge in [-0.1, -0.05) is 51.9 Å². The maximum atomic E-state index is 5.98. The van der Waals surface area contributed by atoms with E-state index in [0.29, 0.717) is 12.0 Å². The highest BCUT2D eigenvalue weighted by molar-refractivity contribution is 5.78. The van der Waals surface area contributed by atoms with E-state index in [2.05, 4.69) is 17.2 Å². The highest BCUT2D eigenvalue weighted by Crippen LogP contribution is 2.30. The van der Waals surface area contributed by atoms with Crippen molar-refractivity contribution < 1.29 is 0 Å². The molecular formula is C16H31N3. The summed E-state index contributed by atoms with van der Waals surface area (Å²) in [7, 11) is 0. The predicted octanol–water partition coefficient (Wildman–Crippen LogP) is 3.44. The first kappa shape index (κ1) is 14.7. The summed E-state index contributed by atoms with van der Waals surface area (Å²) in [5.74, 6) is 2.51. The molecule has 110 valence electrons. The fourth-order valence-electron chi connectivity index (χ4n) is 3.49. The van der Waals surface area contributed by atoms with Crippen molar-refractivity contribution >= 4 is 5.96 Å². The van der Waals surface area contributed by atoms with Gasteiger partial charge in [0, 0.05) is 12.6 Å². The smallest absolute Gasteiger partial charge is 0.188 e. The fourth-order valence-corrected chi connectivity index (χ4v) is 3.49. The zero-order valence-corrected chi connectivity index (χ0v) is 12.5. The van der Waals surface area contributed by atoms with Gasteiger partial charge in [0.1, 0.15) is 0 Å². The number of hydrogen-bond donors (Lipinski definition) is 2. The summed E-state index contributed by atoms with van der Waals surface area (Å²) >= 11 is 0. The second kappa shape index (κ2) is 7.76. The number of nitrogens with two attached hydrogens (primary N) is 1. The van der Waals surface area contributed by atoms with Crippen LogP contribution in [0.5, 0.6) is 0 Å². The molecule has 0 aromatic carbocycles. The van der Waals surface area contributed by atoms with Gasteiger partial charge in [0.15, 0.2) is 5.96 Å². The van der Waals surface area contributed by atoms with Crippen molar-refractivity contribution in [2.45, 2.75) is 77.2 Å². The van der Waals surface area contributed by atoms with Crippen molar-refractivity contribution in [3.8, 4) is 0 Å². The zero-order valence-electron chi connectivity index (χ0n) is 12.5. The first-order valence-electron chi connectivity index (χ1n) is 8.30. The molecule has 2 aliphatic rings. The second-order valence-electron chi connectivity index (χ2n) is 6.66. The number of guanidine groups is 1. The Morgan fingerprint density at radius 3 is 2.42 bits per heavy atom. The van der Waals surface area contributed by atoms with Gasteiger partial charge in [-0.15, -0.1) is 0 Å². The van der Waals surface area contributed by atoms with Crippen LogP contribution in [0.25, 0.3) is 0 Å². The Kier molecular flexibility index (Phi) is 5.99. The van der Waals surface area contributed by atoms with Crippen molar-refractivity contribution in [2.24, 2.45) is 22.6 Å². The van der Waals surface area contributed by atoms with Crippen LogP contribution in [0, 0.1) is 11.8 Å². The maximum absolute atomic E-state index is 5.98. The van der Waals surface area contributed by atoms with Gasteiger partial charge in [-0.25, -0.2) is 0 Å². The molecule has 2 fully saturated rings. The van der Waals surface area contributed by atoms with Crippen LogP contribution in [0.4, 0.5) is 0 Å². The Bertz CT molecular complexity index is 274. The van der Waals surface area contributed by atoms with Gasteiger partial charge in [-0.05, 0) is 31.1 Å². The summed E-state index contributed by atoms with van der Waals surface area (Å²) in [4.78, 5) is 4.51. The van der Waals surface area contributed by atoms with Crippen LogP contribution in [-0.2, 0) is 0 Å². The average molecular weight is 265 g/mol. The lowest BCUT2D eigenvalue weighted by molar-refractivity contribution is 0.280. The van der Waals surface area contributed by atoms with Crippen molar-refractivity contribution in [1.29, 1.82) is 0 Å². The third-order valence-electron chi connectivity index (χ3n) is 4.91. The zero-order chi connectivity index (χ0) is 13.5.